The second-order valence-electron chi connectivity index (χ2n) is 3.38. The molecule has 0 aliphatic heterocycles. The van der Waals surface area contributed by atoms with E-state index in [-0.39, 0.29) is 11.3 Å². The van der Waals surface area contributed by atoms with E-state index in [1.165, 1.54) is 32.2 Å². The van der Waals surface area contributed by atoms with Gasteiger partial charge in [0.1, 0.15) is 5.75 Å². The van der Waals surface area contributed by atoms with Crippen molar-refractivity contribution in [3.8, 4) is 5.75 Å². The monoisotopic (exact) mass is 229 g/mol. The van der Waals surface area contributed by atoms with Crippen molar-refractivity contribution in [2.45, 2.75) is 19.4 Å². The van der Waals surface area contributed by atoms with Gasteiger partial charge >= 0.3 is 0 Å². The number of halogens is 2. The van der Waals surface area contributed by atoms with Crippen molar-refractivity contribution in [3.05, 3.63) is 29.3 Å². The van der Waals surface area contributed by atoms with E-state index in [9.17, 15) is 13.6 Å². The summed E-state index contributed by atoms with van der Waals surface area (Å²) in [5, 5.41) is 0. The Morgan fingerprint density at radius 1 is 1.44 bits per heavy atom. The summed E-state index contributed by atoms with van der Waals surface area (Å²) in [6, 6.07) is 3.39. The highest BCUT2D eigenvalue weighted by molar-refractivity contribution is 6.01. The number of benzene rings is 1. The van der Waals surface area contributed by atoms with Crippen LogP contribution < -0.4 is 10.5 Å². The maximum absolute atomic E-state index is 12.8. The molecule has 0 spiro atoms. The lowest BCUT2D eigenvalue weighted by atomic mass is 9.99. The summed E-state index contributed by atoms with van der Waals surface area (Å²) >= 11 is 0. The molecule has 0 amide bonds. The molecule has 1 unspecified atom stereocenters. The van der Waals surface area contributed by atoms with Gasteiger partial charge in [0.2, 0.25) is 0 Å². The third kappa shape index (κ3) is 2.36. The van der Waals surface area contributed by atoms with Crippen molar-refractivity contribution < 1.29 is 18.3 Å². The number of carbonyl (C=O) groups is 1. The van der Waals surface area contributed by atoms with Gasteiger partial charge in [-0.25, -0.2) is 8.78 Å². The molecule has 0 aliphatic carbocycles. The minimum atomic E-state index is -2.77. The first-order valence-corrected chi connectivity index (χ1v) is 4.73. The first-order chi connectivity index (χ1) is 7.49. The lowest BCUT2D eigenvalue weighted by molar-refractivity contribution is 0.0952. The standard InChI is InChI=1S/C11H13F2NO2/c1-6(14)10(15)7-4-3-5-8(16-2)9(7)11(12)13/h3-6,11H,14H2,1-2H3. The minimum absolute atomic E-state index is 0.00139. The fourth-order valence-corrected chi connectivity index (χ4v) is 1.41. The topological polar surface area (TPSA) is 52.3 Å². The molecular weight excluding hydrogens is 216 g/mol. The molecule has 1 rings (SSSR count). The quantitative estimate of drug-likeness (QED) is 0.805. The van der Waals surface area contributed by atoms with Crippen LogP contribution in [0.5, 0.6) is 5.75 Å². The normalized spacial score (nSPS) is 12.6. The van der Waals surface area contributed by atoms with Crippen LogP contribution in [0.15, 0.2) is 18.2 Å². The second kappa shape index (κ2) is 5.03. The molecule has 2 N–H and O–H groups in total. The molecule has 0 radical (unpaired) electrons. The number of ketones is 1. The van der Waals surface area contributed by atoms with Crippen LogP contribution in [0.3, 0.4) is 0 Å². The number of hydrogen-bond donors (Lipinski definition) is 1. The molecule has 88 valence electrons. The van der Waals surface area contributed by atoms with Crippen LogP contribution in [0, 0.1) is 0 Å². The van der Waals surface area contributed by atoms with Crippen molar-refractivity contribution in [2.75, 3.05) is 7.11 Å². The number of nitrogens with two attached hydrogens (primary N) is 1. The zero-order chi connectivity index (χ0) is 12.3. The van der Waals surface area contributed by atoms with Crippen LogP contribution in [-0.4, -0.2) is 18.9 Å². The van der Waals surface area contributed by atoms with Crippen molar-refractivity contribution in [2.24, 2.45) is 5.73 Å². The average Bonchev–Trinajstić information content (AvgIpc) is 2.26. The second-order valence-corrected chi connectivity index (χ2v) is 3.38. The summed E-state index contributed by atoms with van der Waals surface area (Å²) < 4.78 is 30.5. The Labute approximate surface area is 92.2 Å². The summed E-state index contributed by atoms with van der Waals surface area (Å²) in [4.78, 5) is 11.6. The fraction of sp³-hybridized carbons (Fsp3) is 0.364. The van der Waals surface area contributed by atoms with Crippen LogP contribution in [0.4, 0.5) is 8.78 Å². The van der Waals surface area contributed by atoms with Crippen LogP contribution in [0.1, 0.15) is 29.3 Å². The summed E-state index contributed by atoms with van der Waals surface area (Å²) in [5.74, 6) is -0.518. The Bertz CT molecular complexity index is 392. The molecule has 0 aliphatic rings. The molecule has 1 atom stereocenters. The highest BCUT2D eigenvalue weighted by atomic mass is 19.3. The minimum Gasteiger partial charge on any atom is -0.496 e. The van der Waals surface area contributed by atoms with E-state index in [1.807, 2.05) is 0 Å². The number of carbonyl (C=O) groups excluding carboxylic acids is 1. The molecule has 0 saturated carbocycles. The Balaban J connectivity index is 3.33. The summed E-state index contributed by atoms with van der Waals surface area (Å²) in [5.41, 5.74) is 4.92. The van der Waals surface area contributed by atoms with Gasteiger partial charge in [-0.15, -0.1) is 0 Å². The molecule has 0 aromatic heterocycles. The van der Waals surface area contributed by atoms with Crippen LogP contribution in [0.25, 0.3) is 0 Å². The Morgan fingerprint density at radius 2 is 2.06 bits per heavy atom. The average molecular weight is 229 g/mol. The van der Waals surface area contributed by atoms with Gasteiger partial charge in [-0.1, -0.05) is 12.1 Å². The number of hydrogen-bond acceptors (Lipinski definition) is 3. The lowest BCUT2D eigenvalue weighted by Crippen LogP contribution is -2.27. The summed E-state index contributed by atoms with van der Waals surface area (Å²) in [7, 11) is 1.28. The van der Waals surface area contributed by atoms with E-state index in [4.69, 9.17) is 10.5 Å². The Hall–Kier alpha value is -1.49. The molecule has 0 bridgehead atoms. The number of alkyl halides is 2. The predicted octanol–water partition coefficient (Wildman–Crippen LogP) is 2.16. The van der Waals surface area contributed by atoms with E-state index < -0.39 is 23.8 Å². The maximum Gasteiger partial charge on any atom is 0.268 e. The number of rotatable bonds is 4. The molecule has 5 heteroatoms. The lowest BCUT2D eigenvalue weighted by Gasteiger charge is -2.13. The highest BCUT2D eigenvalue weighted by Gasteiger charge is 2.24. The van der Waals surface area contributed by atoms with E-state index >= 15 is 0 Å². The van der Waals surface area contributed by atoms with Crippen molar-refractivity contribution >= 4 is 5.78 Å². The van der Waals surface area contributed by atoms with Crippen LogP contribution in [0.2, 0.25) is 0 Å². The fourth-order valence-electron chi connectivity index (χ4n) is 1.41. The summed E-state index contributed by atoms with van der Waals surface area (Å²) in [6.45, 7) is 1.46. The molecular formula is C11H13F2NO2. The van der Waals surface area contributed by atoms with E-state index in [1.54, 1.807) is 0 Å². The molecule has 0 saturated heterocycles. The number of methoxy groups -OCH3 is 1. The predicted molar refractivity (Wildman–Crippen MR) is 55.9 cm³/mol. The molecule has 3 nitrogen and oxygen atoms in total. The molecule has 1 aromatic carbocycles. The first kappa shape index (κ1) is 12.6. The highest BCUT2D eigenvalue weighted by Crippen LogP contribution is 2.32. The molecule has 16 heavy (non-hydrogen) atoms. The van der Waals surface area contributed by atoms with Gasteiger partial charge in [0.15, 0.2) is 5.78 Å². The van der Waals surface area contributed by atoms with Crippen molar-refractivity contribution in [1.29, 1.82) is 0 Å². The smallest absolute Gasteiger partial charge is 0.268 e. The van der Waals surface area contributed by atoms with Gasteiger partial charge in [0, 0.05) is 5.56 Å². The SMILES string of the molecule is COc1cccc(C(=O)C(C)N)c1C(F)F. The van der Waals surface area contributed by atoms with Crippen molar-refractivity contribution in [3.63, 3.8) is 0 Å². The Morgan fingerprint density at radius 3 is 2.50 bits per heavy atom. The molecule has 1 aromatic rings. The number of ether oxygens (including phenoxy) is 1. The third-order valence-corrected chi connectivity index (χ3v) is 2.18. The van der Waals surface area contributed by atoms with Crippen LogP contribution >= 0.6 is 0 Å². The zero-order valence-electron chi connectivity index (χ0n) is 9.04. The zero-order valence-corrected chi connectivity index (χ0v) is 9.04. The van der Waals surface area contributed by atoms with Gasteiger partial charge in [-0.05, 0) is 13.0 Å². The van der Waals surface area contributed by atoms with Crippen LogP contribution in [-0.2, 0) is 0 Å². The maximum atomic E-state index is 12.8. The van der Waals surface area contributed by atoms with E-state index in [2.05, 4.69) is 0 Å². The number of Topliss-reactive ketones (excluding diaryl/α,β-unsaturated/α-hetero) is 1. The van der Waals surface area contributed by atoms with Gasteiger partial charge in [-0.3, -0.25) is 4.79 Å². The summed E-state index contributed by atoms with van der Waals surface area (Å²) in [6.07, 6.45) is -2.77. The van der Waals surface area contributed by atoms with E-state index in [0.717, 1.165) is 0 Å². The van der Waals surface area contributed by atoms with Crippen molar-refractivity contribution in [1.82, 2.24) is 0 Å². The van der Waals surface area contributed by atoms with Gasteiger partial charge in [0.25, 0.3) is 6.43 Å². The Kier molecular flexibility index (Phi) is 3.95. The first-order valence-electron chi connectivity index (χ1n) is 4.73. The van der Waals surface area contributed by atoms with Gasteiger partial charge in [-0.2, -0.15) is 0 Å². The molecule has 0 fully saturated rings. The third-order valence-electron chi connectivity index (χ3n) is 2.18. The van der Waals surface area contributed by atoms with Gasteiger partial charge in [0.05, 0.1) is 18.7 Å². The largest absolute Gasteiger partial charge is 0.496 e. The van der Waals surface area contributed by atoms with E-state index in [0.29, 0.717) is 0 Å². The van der Waals surface area contributed by atoms with Gasteiger partial charge < -0.3 is 10.5 Å². The molecule has 0 heterocycles.